The van der Waals surface area contributed by atoms with Crippen molar-refractivity contribution in [2.24, 2.45) is 5.92 Å². The Morgan fingerprint density at radius 1 is 0.500 bits per heavy atom. The summed E-state index contributed by atoms with van der Waals surface area (Å²) < 4.78 is 11.8. The number of ether oxygens (including phenoxy) is 2. The Morgan fingerprint density at radius 2 is 0.875 bits per heavy atom. The van der Waals surface area contributed by atoms with Gasteiger partial charge in [0.15, 0.2) is 6.29 Å². The van der Waals surface area contributed by atoms with E-state index in [2.05, 4.69) is 121 Å². The molecule has 206 valence electrons. The normalized spacial score (nSPS) is 21.7. The van der Waals surface area contributed by atoms with Gasteiger partial charge in [-0.1, -0.05) is 128 Å². The van der Waals surface area contributed by atoms with Crippen LogP contribution in [0.15, 0.2) is 121 Å². The highest BCUT2D eigenvalue weighted by atomic mass is 31.1. The monoisotopic (exact) mass is 566 g/mol. The van der Waals surface area contributed by atoms with Crippen molar-refractivity contribution < 1.29 is 9.47 Å². The second-order valence-electron chi connectivity index (χ2n) is 11.0. The van der Waals surface area contributed by atoms with Crippen molar-refractivity contribution in [2.45, 2.75) is 56.1 Å². The van der Waals surface area contributed by atoms with E-state index in [9.17, 15) is 0 Å². The molecule has 2 fully saturated rings. The first-order valence-electron chi connectivity index (χ1n) is 14.9. The van der Waals surface area contributed by atoms with Gasteiger partial charge in [-0.15, -0.1) is 0 Å². The molecular weight excluding hydrogens is 526 g/mol. The summed E-state index contributed by atoms with van der Waals surface area (Å²) in [6.07, 6.45) is 7.07. The lowest BCUT2D eigenvalue weighted by Gasteiger charge is -2.35. The third kappa shape index (κ3) is 6.75. The highest BCUT2D eigenvalue weighted by molar-refractivity contribution is 7.77. The first-order chi connectivity index (χ1) is 19.9. The zero-order valence-corrected chi connectivity index (χ0v) is 25.0. The van der Waals surface area contributed by atoms with E-state index in [1.165, 1.54) is 46.9 Å². The maximum Gasteiger partial charge on any atom is 0.157 e. The molecule has 1 heterocycles. The van der Waals surface area contributed by atoms with E-state index in [0.717, 1.165) is 32.0 Å². The van der Waals surface area contributed by atoms with E-state index in [-0.39, 0.29) is 6.29 Å². The highest BCUT2D eigenvalue weighted by Gasteiger charge is 2.44. The Balaban J connectivity index is 1.36. The van der Waals surface area contributed by atoms with Crippen LogP contribution in [0.25, 0.3) is 0 Å². The standard InChI is InChI=1S/C36H40O2P2/c1-5-16-30(17-6-1)39(31-18-7-2-8-19-31)34-27-29(15-13-24-36-37-25-14-26-38-36)28-35(34)40(32-20-9-3-10-21-32)33-22-11-4-12-23-33/h1-12,16-23,29,34-36H,13-15,24-28H2. The predicted molar refractivity (Wildman–Crippen MR) is 173 cm³/mol. The van der Waals surface area contributed by atoms with Gasteiger partial charge in [0.05, 0.1) is 13.2 Å². The van der Waals surface area contributed by atoms with Gasteiger partial charge in [0, 0.05) is 0 Å². The van der Waals surface area contributed by atoms with Crippen LogP contribution in [-0.2, 0) is 9.47 Å². The molecule has 2 atom stereocenters. The quantitative estimate of drug-likeness (QED) is 0.187. The van der Waals surface area contributed by atoms with Crippen LogP contribution in [0.5, 0.6) is 0 Å². The second kappa shape index (κ2) is 14.0. The topological polar surface area (TPSA) is 18.5 Å². The number of hydrogen-bond acceptors (Lipinski definition) is 2. The van der Waals surface area contributed by atoms with Crippen LogP contribution in [0.1, 0.15) is 38.5 Å². The summed E-state index contributed by atoms with van der Waals surface area (Å²) in [5.74, 6) is 0.730. The fourth-order valence-electron chi connectivity index (χ4n) is 6.58. The molecule has 0 bridgehead atoms. The molecule has 1 saturated heterocycles. The summed E-state index contributed by atoms with van der Waals surface area (Å²) in [6.45, 7) is 1.68. The van der Waals surface area contributed by atoms with E-state index in [0.29, 0.717) is 11.3 Å². The SMILES string of the molecule is c1ccc(P(c2ccccc2)C2CC(CCCC3OCCCO3)CC2P(c2ccccc2)c2ccccc2)cc1. The Bertz CT molecular complexity index is 1110. The molecule has 0 spiro atoms. The zero-order valence-electron chi connectivity index (χ0n) is 23.2. The first-order valence-corrected chi connectivity index (χ1v) is 17.7. The van der Waals surface area contributed by atoms with Crippen LogP contribution in [0.4, 0.5) is 0 Å². The lowest BCUT2D eigenvalue weighted by molar-refractivity contribution is -0.181. The smallest absolute Gasteiger partial charge is 0.157 e. The molecule has 1 aliphatic heterocycles. The molecule has 2 nitrogen and oxygen atoms in total. The van der Waals surface area contributed by atoms with Crippen molar-refractivity contribution in [1.82, 2.24) is 0 Å². The Morgan fingerprint density at radius 3 is 1.25 bits per heavy atom. The average Bonchev–Trinajstić information content (AvgIpc) is 3.43. The summed E-state index contributed by atoms with van der Waals surface area (Å²) in [7, 11) is -0.983. The van der Waals surface area contributed by atoms with Gasteiger partial charge in [-0.2, -0.15) is 0 Å². The molecule has 6 rings (SSSR count). The van der Waals surface area contributed by atoms with Gasteiger partial charge in [0.25, 0.3) is 0 Å². The van der Waals surface area contributed by atoms with Gasteiger partial charge >= 0.3 is 0 Å². The van der Waals surface area contributed by atoms with E-state index < -0.39 is 15.8 Å². The van der Waals surface area contributed by atoms with Crippen molar-refractivity contribution in [3.63, 3.8) is 0 Å². The lowest BCUT2D eigenvalue weighted by Crippen LogP contribution is -2.31. The van der Waals surface area contributed by atoms with Crippen LogP contribution >= 0.6 is 15.8 Å². The van der Waals surface area contributed by atoms with Crippen molar-refractivity contribution in [2.75, 3.05) is 13.2 Å². The van der Waals surface area contributed by atoms with Gasteiger partial charge in [-0.3, -0.25) is 0 Å². The molecule has 4 aromatic carbocycles. The Hall–Kier alpha value is -2.34. The van der Waals surface area contributed by atoms with Crippen molar-refractivity contribution in [3.8, 4) is 0 Å². The molecule has 2 unspecified atom stereocenters. The van der Waals surface area contributed by atoms with Gasteiger partial charge < -0.3 is 9.47 Å². The molecule has 4 heteroatoms. The molecule has 2 aliphatic rings. The molecule has 0 amide bonds. The lowest BCUT2D eigenvalue weighted by atomic mass is 10.0. The minimum atomic E-state index is -0.491. The average molecular weight is 567 g/mol. The fraction of sp³-hybridized carbons (Fsp3) is 0.333. The number of hydrogen-bond donors (Lipinski definition) is 0. The highest BCUT2D eigenvalue weighted by Crippen LogP contribution is 2.59. The maximum atomic E-state index is 5.88. The van der Waals surface area contributed by atoms with Crippen LogP contribution in [0.2, 0.25) is 0 Å². The van der Waals surface area contributed by atoms with Gasteiger partial charge in [-0.25, -0.2) is 0 Å². The molecule has 4 aromatic rings. The number of benzene rings is 4. The molecule has 0 aromatic heterocycles. The first kappa shape index (κ1) is 27.8. The largest absolute Gasteiger partial charge is 0.353 e. The van der Waals surface area contributed by atoms with E-state index in [1.54, 1.807) is 0 Å². The third-order valence-electron chi connectivity index (χ3n) is 8.34. The van der Waals surface area contributed by atoms with Crippen LogP contribution < -0.4 is 21.2 Å². The summed E-state index contributed by atoms with van der Waals surface area (Å²) in [5.41, 5.74) is 1.28. The summed E-state index contributed by atoms with van der Waals surface area (Å²) >= 11 is 0. The second-order valence-corrected chi connectivity index (χ2v) is 15.9. The summed E-state index contributed by atoms with van der Waals surface area (Å²) in [6, 6.07) is 45.6. The molecule has 1 aliphatic carbocycles. The number of rotatable bonds is 10. The minimum absolute atomic E-state index is 0.00160. The Labute approximate surface area is 242 Å². The molecule has 1 saturated carbocycles. The van der Waals surface area contributed by atoms with E-state index >= 15 is 0 Å². The summed E-state index contributed by atoms with van der Waals surface area (Å²) in [4.78, 5) is 0. The van der Waals surface area contributed by atoms with Crippen LogP contribution in [0, 0.1) is 5.92 Å². The molecule has 0 radical (unpaired) electrons. The molecule has 0 N–H and O–H groups in total. The van der Waals surface area contributed by atoms with Crippen molar-refractivity contribution >= 4 is 37.1 Å². The van der Waals surface area contributed by atoms with Crippen LogP contribution in [-0.4, -0.2) is 30.8 Å². The van der Waals surface area contributed by atoms with E-state index in [1.807, 2.05) is 0 Å². The van der Waals surface area contributed by atoms with Crippen molar-refractivity contribution in [3.05, 3.63) is 121 Å². The fourth-order valence-corrected chi connectivity index (χ4v) is 13.4. The molecule has 40 heavy (non-hydrogen) atoms. The predicted octanol–water partition coefficient (Wildman–Crippen LogP) is 7.33. The van der Waals surface area contributed by atoms with Gasteiger partial charge in [0.1, 0.15) is 0 Å². The third-order valence-corrected chi connectivity index (χ3v) is 14.5. The van der Waals surface area contributed by atoms with Gasteiger partial charge in [-0.05, 0) is 86.4 Å². The summed E-state index contributed by atoms with van der Waals surface area (Å²) in [5, 5.41) is 6.05. The molecular formula is C36H40O2P2. The van der Waals surface area contributed by atoms with Crippen molar-refractivity contribution in [1.29, 1.82) is 0 Å². The zero-order chi connectivity index (χ0) is 27.0. The Kier molecular flexibility index (Phi) is 9.75. The van der Waals surface area contributed by atoms with E-state index in [4.69, 9.17) is 9.47 Å². The van der Waals surface area contributed by atoms with Gasteiger partial charge in [0.2, 0.25) is 0 Å². The minimum Gasteiger partial charge on any atom is -0.353 e. The maximum absolute atomic E-state index is 5.88. The van der Waals surface area contributed by atoms with Crippen LogP contribution in [0.3, 0.4) is 0 Å².